The van der Waals surface area contributed by atoms with Gasteiger partial charge in [0, 0.05) is 51.3 Å². The minimum atomic E-state index is 0.199. The Kier molecular flexibility index (Phi) is 4.06. The molecule has 6 nitrogen and oxygen atoms in total. The van der Waals surface area contributed by atoms with Crippen molar-refractivity contribution >= 4 is 5.91 Å². The van der Waals surface area contributed by atoms with Crippen LogP contribution in [0.5, 0.6) is 0 Å². The molecule has 2 aliphatic heterocycles. The van der Waals surface area contributed by atoms with Crippen molar-refractivity contribution in [2.45, 2.75) is 25.4 Å². The van der Waals surface area contributed by atoms with Crippen LogP contribution < -0.4 is 0 Å². The standard InChI is InChI=1S/C18H23N5O/c1-21-7-5-16(20-21)9-18(24)23-12-15-4-8-22(17(15)13-23)11-14-3-2-6-19-10-14/h2-3,5-7,10,15,17H,4,8-9,11-13H2,1H3/t15-,17+/m0/s1. The van der Waals surface area contributed by atoms with Crippen molar-refractivity contribution in [1.29, 1.82) is 0 Å². The third-order valence-corrected chi connectivity index (χ3v) is 5.22. The molecular weight excluding hydrogens is 302 g/mol. The van der Waals surface area contributed by atoms with Crippen molar-refractivity contribution in [2.24, 2.45) is 13.0 Å². The van der Waals surface area contributed by atoms with Gasteiger partial charge in [0.05, 0.1) is 12.1 Å². The van der Waals surface area contributed by atoms with Crippen LogP contribution in [-0.4, -0.2) is 56.1 Å². The molecule has 2 fully saturated rings. The lowest BCUT2D eigenvalue weighted by Gasteiger charge is -2.24. The number of aryl methyl sites for hydroxylation is 1. The molecule has 24 heavy (non-hydrogen) atoms. The number of pyridine rings is 1. The fraction of sp³-hybridized carbons (Fsp3) is 0.500. The van der Waals surface area contributed by atoms with Crippen LogP contribution in [0.2, 0.25) is 0 Å². The molecule has 2 aromatic rings. The molecule has 126 valence electrons. The molecule has 1 amide bonds. The second kappa shape index (κ2) is 6.36. The first-order chi connectivity index (χ1) is 11.7. The van der Waals surface area contributed by atoms with Crippen LogP contribution in [0.4, 0.5) is 0 Å². The molecule has 4 heterocycles. The van der Waals surface area contributed by atoms with E-state index in [9.17, 15) is 4.79 Å². The average Bonchev–Trinajstić information content (AvgIpc) is 3.26. The van der Waals surface area contributed by atoms with Crippen LogP contribution in [0.25, 0.3) is 0 Å². The lowest BCUT2D eigenvalue weighted by atomic mass is 10.1. The highest BCUT2D eigenvalue weighted by molar-refractivity contribution is 5.78. The maximum Gasteiger partial charge on any atom is 0.228 e. The molecule has 2 aromatic heterocycles. The summed E-state index contributed by atoms with van der Waals surface area (Å²) in [5, 5.41) is 4.32. The van der Waals surface area contributed by atoms with Crippen LogP contribution in [0, 0.1) is 5.92 Å². The molecule has 6 heteroatoms. The largest absolute Gasteiger partial charge is 0.340 e. The highest BCUT2D eigenvalue weighted by Crippen LogP contribution is 2.32. The van der Waals surface area contributed by atoms with Crippen molar-refractivity contribution in [2.75, 3.05) is 19.6 Å². The van der Waals surface area contributed by atoms with Crippen LogP contribution in [0.3, 0.4) is 0 Å². The van der Waals surface area contributed by atoms with E-state index in [-0.39, 0.29) is 5.91 Å². The molecule has 0 radical (unpaired) electrons. The maximum atomic E-state index is 12.6. The zero-order chi connectivity index (χ0) is 16.5. The molecule has 0 unspecified atom stereocenters. The summed E-state index contributed by atoms with van der Waals surface area (Å²) in [5.74, 6) is 0.804. The van der Waals surface area contributed by atoms with Crippen molar-refractivity contribution < 1.29 is 4.79 Å². The first kappa shape index (κ1) is 15.3. The fourth-order valence-corrected chi connectivity index (χ4v) is 4.00. The van der Waals surface area contributed by atoms with Gasteiger partial charge in [-0.05, 0) is 36.6 Å². The zero-order valence-electron chi connectivity index (χ0n) is 14.0. The van der Waals surface area contributed by atoms with E-state index in [1.54, 1.807) is 4.68 Å². The number of fused-ring (bicyclic) bond motifs is 1. The Morgan fingerprint density at radius 1 is 1.33 bits per heavy atom. The van der Waals surface area contributed by atoms with Crippen molar-refractivity contribution in [3.63, 3.8) is 0 Å². The van der Waals surface area contributed by atoms with E-state index >= 15 is 0 Å². The Morgan fingerprint density at radius 2 is 2.25 bits per heavy atom. The number of likely N-dealkylation sites (tertiary alicyclic amines) is 2. The van der Waals surface area contributed by atoms with Crippen molar-refractivity contribution in [3.8, 4) is 0 Å². The topological polar surface area (TPSA) is 54.3 Å². The minimum Gasteiger partial charge on any atom is -0.340 e. The van der Waals surface area contributed by atoms with Gasteiger partial charge in [0.15, 0.2) is 0 Å². The van der Waals surface area contributed by atoms with E-state index < -0.39 is 0 Å². The van der Waals surface area contributed by atoms with Gasteiger partial charge in [0.25, 0.3) is 0 Å². The fourth-order valence-electron chi connectivity index (χ4n) is 4.00. The van der Waals surface area contributed by atoms with Crippen LogP contribution in [0.15, 0.2) is 36.8 Å². The molecule has 2 aliphatic rings. The normalized spacial score (nSPS) is 23.6. The van der Waals surface area contributed by atoms with E-state index in [1.165, 1.54) is 12.0 Å². The van der Waals surface area contributed by atoms with E-state index in [4.69, 9.17) is 0 Å². The SMILES string of the molecule is Cn1ccc(CC(=O)N2C[C@@H]3CCN(Cc4cccnc4)[C@@H]3C2)n1. The summed E-state index contributed by atoms with van der Waals surface area (Å²) >= 11 is 0. The monoisotopic (exact) mass is 325 g/mol. The summed E-state index contributed by atoms with van der Waals surface area (Å²) in [5.41, 5.74) is 2.10. The Hall–Kier alpha value is -2.21. The molecular formula is C18H23N5O. The number of hydrogen-bond acceptors (Lipinski definition) is 4. The summed E-state index contributed by atoms with van der Waals surface area (Å²) in [6.07, 6.45) is 7.22. The average molecular weight is 325 g/mol. The number of rotatable bonds is 4. The van der Waals surface area contributed by atoms with E-state index in [0.717, 1.165) is 31.9 Å². The van der Waals surface area contributed by atoms with Gasteiger partial charge in [0.1, 0.15) is 0 Å². The van der Waals surface area contributed by atoms with Crippen molar-refractivity contribution in [1.82, 2.24) is 24.6 Å². The van der Waals surface area contributed by atoms with Gasteiger partial charge in [-0.2, -0.15) is 5.10 Å². The summed E-state index contributed by atoms with van der Waals surface area (Å²) in [6.45, 7) is 3.78. The number of nitrogens with zero attached hydrogens (tertiary/aromatic N) is 5. The van der Waals surface area contributed by atoms with Crippen LogP contribution in [0.1, 0.15) is 17.7 Å². The molecule has 0 aromatic carbocycles. The van der Waals surface area contributed by atoms with Gasteiger partial charge in [-0.3, -0.25) is 19.4 Å². The maximum absolute atomic E-state index is 12.6. The summed E-state index contributed by atoms with van der Waals surface area (Å²) in [4.78, 5) is 21.3. The Morgan fingerprint density at radius 3 is 3.00 bits per heavy atom. The third-order valence-electron chi connectivity index (χ3n) is 5.22. The van der Waals surface area contributed by atoms with E-state index in [1.807, 2.05) is 42.7 Å². The van der Waals surface area contributed by atoms with Crippen LogP contribution in [-0.2, 0) is 24.8 Å². The number of hydrogen-bond donors (Lipinski definition) is 0. The van der Waals surface area contributed by atoms with Gasteiger partial charge < -0.3 is 4.90 Å². The highest BCUT2D eigenvalue weighted by Gasteiger charge is 2.42. The van der Waals surface area contributed by atoms with E-state index in [2.05, 4.69) is 21.0 Å². The predicted molar refractivity (Wildman–Crippen MR) is 90.0 cm³/mol. The highest BCUT2D eigenvalue weighted by atomic mass is 16.2. The first-order valence-electron chi connectivity index (χ1n) is 8.58. The lowest BCUT2D eigenvalue weighted by molar-refractivity contribution is -0.129. The molecule has 2 saturated heterocycles. The Bertz CT molecular complexity index is 713. The van der Waals surface area contributed by atoms with Crippen molar-refractivity contribution in [3.05, 3.63) is 48.0 Å². The van der Waals surface area contributed by atoms with Gasteiger partial charge in [-0.1, -0.05) is 6.07 Å². The zero-order valence-corrected chi connectivity index (χ0v) is 14.0. The second-order valence-corrected chi connectivity index (χ2v) is 6.90. The smallest absolute Gasteiger partial charge is 0.228 e. The minimum absolute atomic E-state index is 0.199. The predicted octanol–water partition coefficient (Wildman–Crippen LogP) is 1.09. The van der Waals surface area contributed by atoms with E-state index in [0.29, 0.717) is 18.4 Å². The quantitative estimate of drug-likeness (QED) is 0.844. The first-order valence-corrected chi connectivity index (χ1v) is 8.58. The summed E-state index contributed by atoms with van der Waals surface area (Å²) in [6, 6.07) is 6.51. The molecule has 0 saturated carbocycles. The van der Waals surface area contributed by atoms with Gasteiger partial charge in [0.2, 0.25) is 5.91 Å². The summed E-state index contributed by atoms with van der Waals surface area (Å²) < 4.78 is 1.75. The lowest BCUT2D eigenvalue weighted by Crippen LogP contribution is -2.37. The van der Waals surface area contributed by atoms with Gasteiger partial charge in [-0.15, -0.1) is 0 Å². The van der Waals surface area contributed by atoms with Gasteiger partial charge in [-0.25, -0.2) is 0 Å². The molecule has 0 bridgehead atoms. The summed E-state index contributed by atoms with van der Waals surface area (Å²) in [7, 11) is 1.88. The Balaban J connectivity index is 1.37. The molecule has 0 spiro atoms. The number of amides is 1. The number of carbonyl (C=O) groups is 1. The van der Waals surface area contributed by atoms with Crippen LogP contribution >= 0.6 is 0 Å². The number of aromatic nitrogens is 3. The molecule has 4 rings (SSSR count). The molecule has 2 atom stereocenters. The Labute approximate surface area is 142 Å². The second-order valence-electron chi connectivity index (χ2n) is 6.90. The van der Waals surface area contributed by atoms with Gasteiger partial charge >= 0.3 is 0 Å². The molecule has 0 aliphatic carbocycles. The molecule has 0 N–H and O–H groups in total. The third kappa shape index (κ3) is 3.06. The number of carbonyl (C=O) groups excluding carboxylic acids is 1.